The molecule has 0 heterocycles. The maximum absolute atomic E-state index is 12.3. The van der Waals surface area contributed by atoms with Gasteiger partial charge in [0.25, 0.3) is 0 Å². The van der Waals surface area contributed by atoms with Crippen molar-refractivity contribution in [2.24, 2.45) is 0 Å². The van der Waals surface area contributed by atoms with Crippen LogP contribution in [0.4, 0.5) is 0 Å². The lowest BCUT2D eigenvalue weighted by molar-refractivity contribution is -0.138. The summed E-state index contributed by atoms with van der Waals surface area (Å²) in [6.45, 7) is 0. The molecule has 1 aromatic rings. The van der Waals surface area contributed by atoms with E-state index in [0.29, 0.717) is 5.56 Å². The lowest BCUT2D eigenvalue weighted by Crippen LogP contribution is -2.24. The van der Waals surface area contributed by atoms with E-state index < -0.39 is 43.5 Å². The molecule has 3 atom stereocenters. The van der Waals surface area contributed by atoms with E-state index in [1.807, 2.05) is 0 Å². The summed E-state index contributed by atoms with van der Waals surface area (Å²) in [4.78, 5) is 32.0. The van der Waals surface area contributed by atoms with Crippen molar-refractivity contribution in [2.45, 2.75) is 24.4 Å². The van der Waals surface area contributed by atoms with E-state index in [1.54, 1.807) is 24.3 Å². The molecule has 0 fully saturated rings. The number of carboxylic acid groups (broad SMARTS) is 2. The third-order valence-corrected chi connectivity index (χ3v) is 6.02. The first kappa shape index (κ1) is 14.8. The first-order valence-electron chi connectivity index (χ1n) is 6.17. The van der Waals surface area contributed by atoms with Crippen molar-refractivity contribution in [2.75, 3.05) is 6.16 Å². The van der Waals surface area contributed by atoms with Crippen molar-refractivity contribution in [3.05, 3.63) is 35.4 Å². The van der Waals surface area contributed by atoms with Gasteiger partial charge in [-0.05, 0) is 17.5 Å². The Morgan fingerprint density at radius 2 is 1.90 bits per heavy atom. The fourth-order valence-corrected chi connectivity index (χ4v) is 4.75. The average Bonchev–Trinajstić information content (AvgIpc) is 2.76. The molecule has 0 radical (unpaired) electrons. The second-order valence-electron chi connectivity index (χ2n) is 4.91. The minimum atomic E-state index is -3.85. The molecule has 0 saturated carbocycles. The molecule has 0 aliphatic heterocycles. The highest BCUT2D eigenvalue weighted by Crippen LogP contribution is 2.57. The van der Waals surface area contributed by atoms with Crippen LogP contribution < -0.4 is 0 Å². The smallest absolute Gasteiger partial charge is 0.311 e. The Kier molecular flexibility index (Phi) is 3.97. The van der Waals surface area contributed by atoms with Gasteiger partial charge in [0.1, 0.15) is 0 Å². The van der Waals surface area contributed by atoms with Gasteiger partial charge >= 0.3 is 11.9 Å². The van der Waals surface area contributed by atoms with Crippen LogP contribution in [0.2, 0.25) is 0 Å². The van der Waals surface area contributed by atoms with Crippen LogP contribution in [-0.4, -0.2) is 38.9 Å². The zero-order chi connectivity index (χ0) is 14.9. The van der Waals surface area contributed by atoms with Gasteiger partial charge in [-0.25, -0.2) is 0 Å². The predicted octanol–water partition coefficient (Wildman–Crippen LogP) is 1.52. The van der Waals surface area contributed by atoms with E-state index in [2.05, 4.69) is 0 Å². The van der Waals surface area contributed by atoms with Crippen molar-refractivity contribution in [3.63, 3.8) is 0 Å². The molecule has 1 aromatic carbocycles. The van der Waals surface area contributed by atoms with Crippen molar-refractivity contribution in [1.82, 2.24) is 0 Å². The Bertz CT molecular complexity index is 596. The first-order valence-corrected chi connectivity index (χ1v) is 8.08. The standard InChI is InChI=1S/C13H15O6P/c14-11(15)5-6-20(18,19)10-7-8-3-1-2-4-9(8)12(10)13(16)17/h1-4,10,12H,5-7H2,(H,14,15)(H,16,17)(H,18,19)/t10-,12-/m1/s1. The third-order valence-electron chi connectivity index (χ3n) is 3.63. The van der Waals surface area contributed by atoms with Gasteiger partial charge in [-0.3, -0.25) is 14.2 Å². The van der Waals surface area contributed by atoms with E-state index in [9.17, 15) is 24.2 Å². The SMILES string of the molecule is O=C(O)CCP(=O)(O)[C@@H]1Cc2ccccc2[C@H]1C(=O)O. The highest BCUT2D eigenvalue weighted by atomic mass is 31.2. The van der Waals surface area contributed by atoms with Crippen LogP contribution in [0.1, 0.15) is 23.5 Å². The fourth-order valence-electron chi connectivity index (χ4n) is 2.67. The molecule has 0 bridgehead atoms. The van der Waals surface area contributed by atoms with Crippen molar-refractivity contribution < 1.29 is 29.3 Å². The lowest BCUT2D eigenvalue weighted by atomic mass is 10.0. The summed E-state index contributed by atoms with van der Waals surface area (Å²) in [7, 11) is -3.85. The first-order chi connectivity index (χ1) is 9.33. The van der Waals surface area contributed by atoms with Gasteiger partial charge in [-0.1, -0.05) is 24.3 Å². The molecule has 2 rings (SSSR count). The summed E-state index contributed by atoms with van der Waals surface area (Å²) in [5.41, 5.74) is 0.348. The molecular weight excluding hydrogens is 283 g/mol. The van der Waals surface area contributed by atoms with Crippen LogP contribution in [0.25, 0.3) is 0 Å². The van der Waals surface area contributed by atoms with E-state index in [-0.39, 0.29) is 6.42 Å². The molecule has 20 heavy (non-hydrogen) atoms. The summed E-state index contributed by atoms with van der Waals surface area (Å²) in [6, 6.07) is 6.82. The molecule has 6 nitrogen and oxygen atoms in total. The van der Waals surface area contributed by atoms with Crippen LogP contribution in [-0.2, 0) is 20.6 Å². The van der Waals surface area contributed by atoms with E-state index in [1.165, 1.54) is 0 Å². The minimum absolute atomic E-state index is 0.195. The molecule has 3 N–H and O–H groups in total. The van der Waals surface area contributed by atoms with Gasteiger partial charge in [0, 0.05) is 6.16 Å². The Hall–Kier alpha value is -1.65. The second kappa shape index (κ2) is 5.38. The maximum Gasteiger partial charge on any atom is 0.311 e. The highest BCUT2D eigenvalue weighted by Gasteiger charge is 2.46. The Morgan fingerprint density at radius 3 is 2.50 bits per heavy atom. The molecule has 0 spiro atoms. The highest BCUT2D eigenvalue weighted by molar-refractivity contribution is 7.58. The summed E-state index contributed by atoms with van der Waals surface area (Å²) in [5, 5.41) is 17.9. The van der Waals surface area contributed by atoms with Gasteiger partial charge < -0.3 is 15.1 Å². The van der Waals surface area contributed by atoms with E-state index >= 15 is 0 Å². The summed E-state index contributed by atoms with van der Waals surface area (Å²) in [5.74, 6) is -3.36. The number of carboxylic acids is 2. The number of aliphatic carboxylic acids is 2. The number of benzene rings is 1. The predicted molar refractivity (Wildman–Crippen MR) is 71.3 cm³/mol. The number of fused-ring (bicyclic) bond motifs is 1. The summed E-state index contributed by atoms with van der Waals surface area (Å²) < 4.78 is 12.3. The normalized spacial score (nSPS) is 23.9. The monoisotopic (exact) mass is 298 g/mol. The number of hydrogen-bond acceptors (Lipinski definition) is 3. The largest absolute Gasteiger partial charge is 0.481 e. The molecule has 1 aliphatic carbocycles. The van der Waals surface area contributed by atoms with Crippen molar-refractivity contribution in [3.8, 4) is 0 Å². The van der Waals surface area contributed by atoms with Crippen molar-refractivity contribution >= 4 is 19.3 Å². The average molecular weight is 298 g/mol. The summed E-state index contributed by atoms with van der Waals surface area (Å²) >= 11 is 0. The van der Waals surface area contributed by atoms with Gasteiger partial charge in [0.2, 0.25) is 7.37 Å². The quantitative estimate of drug-likeness (QED) is 0.711. The van der Waals surface area contributed by atoms with Crippen molar-refractivity contribution in [1.29, 1.82) is 0 Å². The fraction of sp³-hybridized carbons (Fsp3) is 0.385. The Balaban J connectivity index is 2.31. The number of rotatable bonds is 5. The molecule has 0 amide bonds. The van der Waals surface area contributed by atoms with Gasteiger partial charge in [0.15, 0.2) is 0 Å². The zero-order valence-electron chi connectivity index (χ0n) is 10.6. The maximum atomic E-state index is 12.3. The third kappa shape index (κ3) is 2.76. The van der Waals surface area contributed by atoms with Gasteiger partial charge in [0.05, 0.1) is 18.0 Å². The van der Waals surface area contributed by atoms with Crippen LogP contribution in [0.15, 0.2) is 24.3 Å². The minimum Gasteiger partial charge on any atom is -0.481 e. The van der Waals surface area contributed by atoms with Gasteiger partial charge in [-0.2, -0.15) is 0 Å². The van der Waals surface area contributed by atoms with Crippen LogP contribution in [0.5, 0.6) is 0 Å². The van der Waals surface area contributed by atoms with Gasteiger partial charge in [-0.15, -0.1) is 0 Å². The van der Waals surface area contributed by atoms with Crippen LogP contribution >= 0.6 is 7.37 Å². The molecule has 0 saturated heterocycles. The second-order valence-corrected chi connectivity index (χ2v) is 7.53. The van der Waals surface area contributed by atoms with E-state index in [4.69, 9.17) is 5.11 Å². The molecule has 108 valence electrons. The molecule has 0 aromatic heterocycles. The molecular formula is C13H15O6P. The number of hydrogen-bond donors (Lipinski definition) is 3. The molecule has 1 aliphatic rings. The Labute approximate surface area is 115 Å². The van der Waals surface area contributed by atoms with Crippen LogP contribution in [0, 0.1) is 0 Å². The lowest BCUT2D eigenvalue weighted by Gasteiger charge is -2.22. The van der Waals surface area contributed by atoms with Crippen LogP contribution in [0.3, 0.4) is 0 Å². The zero-order valence-corrected chi connectivity index (χ0v) is 11.5. The topological polar surface area (TPSA) is 112 Å². The molecule has 7 heteroatoms. The summed E-state index contributed by atoms with van der Waals surface area (Å²) in [6.07, 6.45) is -0.641. The molecule has 1 unspecified atom stereocenters. The van der Waals surface area contributed by atoms with E-state index in [0.717, 1.165) is 5.56 Å². The Morgan fingerprint density at radius 1 is 1.25 bits per heavy atom. The number of carbonyl (C=O) groups is 2.